The number of hydrogen-bond acceptors (Lipinski definition) is 6. The molecule has 0 aliphatic carbocycles. The first kappa shape index (κ1) is 27.2. The van der Waals surface area contributed by atoms with Gasteiger partial charge in [-0.1, -0.05) is 24.3 Å². The van der Waals surface area contributed by atoms with Crippen molar-refractivity contribution in [2.75, 3.05) is 10.6 Å². The second-order valence-electron chi connectivity index (χ2n) is 9.54. The van der Waals surface area contributed by atoms with E-state index in [0.717, 1.165) is 41.8 Å². The van der Waals surface area contributed by atoms with E-state index in [1.807, 2.05) is 12.1 Å². The molecule has 0 bridgehead atoms. The molecular weight excluding hydrogens is 540 g/mol. The van der Waals surface area contributed by atoms with Crippen LogP contribution in [0.15, 0.2) is 72.8 Å². The molecule has 0 fully saturated rings. The zero-order chi connectivity index (χ0) is 28.6. The molecule has 6 nitrogen and oxygen atoms in total. The number of rotatable bonds is 6. The zero-order valence-corrected chi connectivity index (χ0v) is 24.1. The van der Waals surface area contributed by atoms with Gasteiger partial charge in [-0.2, -0.15) is 0 Å². The smallest absolute Gasteiger partial charge is 0.259 e. The van der Waals surface area contributed by atoms with Gasteiger partial charge in [-0.25, -0.2) is 0 Å². The van der Waals surface area contributed by atoms with E-state index < -0.39 is 11.8 Å². The maximum atomic E-state index is 13.3. The van der Waals surface area contributed by atoms with Crippen LogP contribution in [-0.4, -0.2) is 22.0 Å². The summed E-state index contributed by atoms with van der Waals surface area (Å²) in [6, 6.07) is 20.6. The highest BCUT2D eigenvalue weighted by Crippen LogP contribution is 2.44. The molecule has 5 rings (SSSR count). The van der Waals surface area contributed by atoms with Crippen LogP contribution in [0.4, 0.5) is 11.4 Å². The molecule has 8 heteroatoms. The summed E-state index contributed by atoms with van der Waals surface area (Å²) in [5.41, 5.74) is 4.85. The number of amides is 2. The number of phenolic OH excluding ortho intramolecular Hbond substituents is 2. The Kier molecular flexibility index (Phi) is 7.47. The highest BCUT2D eigenvalue weighted by Gasteiger charge is 2.22. The van der Waals surface area contributed by atoms with Crippen molar-refractivity contribution < 1.29 is 19.8 Å². The molecule has 40 heavy (non-hydrogen) atoms. The molecule has 2 aromatic heterocycles. The molecule has 0 atom stereocenters. The number of carbonyl (C=O) groups is 2. The van der Waals surface area contributed by atoms with Gasteiger partial charge in [0.05, 0.1) is 22.5 Å². The van der Waals surface area contributed by atoms with Gasteiger partial charge in [-0.15, -0.1) is 22.7 Å². The third kappa shape index (κ3) is 5.36. The normalized spacial score (nSPS) is 10.9. The van der Waals surface area contributed by atoms with Crippen LogP contribution in [0.5, 0.6) is 11.5 Å². The fourth-order valence-electron chi connectivity index (χ4n) is 4.76. The molecule has 0 aliphatic heterocycles. The second kappa shape index (κ2) is 11.0. The van der Waals surface area contributed by atoms with Crippen molar-refractivity contribution in [2.24, 2.45) is 0 Å². The molecule has 0 unspecified atom stereocenters. The van der Waals surface area contributed by atoms with Gasteiger partial charge in [-0.05, 0) is 98.5 Å². The lowest BCUT2D eigenvalue weighted by Gasteiger charge is -2.19. The molecule has 0 spiro atoms. The minimum atomic E-state index is -0.518. The van der Waals surface area contributed by atoms with Crippen molar-refractivity contribution in [2.45, 2.75) is 27.7 Å². The van der Waals surface area contributed by atoms with Gasteiger partial charge in [0.25, 0.3) is 11.8 Å². The topological polar surface area (TPSA) is 98.7 Å². The summed E-state index contributed by atoms with van der Waals surface area (Å²) >= 11 is 3.39. The van der Waals surface area contributed by atoms with Crippen LogP contribution >= 0.6 is 22.7 Å². The van der Waals surface area contributed by atoms with Crippen molar-refractivity contribution >= 4 is 45.9 Å². The van der Waals surface area contributed by atoms with Crippen molar-refractivity contribution in [3.8, 4) is 33.8 Å². The zero-order valence-electron chi connectivity index (χ0n) is 22.5. The Balaban J connectivity index is 1.71. The lowest BCUT2D eigenvalue weighted by atomic mass is 9.93. The van der Waals surface area contributed by atoms with E-state index in [4.69, 9.17) is 0 Å². The summed E-state index contributed by atoms with van der Waals surface area (Å²) in [4.78, 5) is 31.2. The van der Waals surface area contributed by atoms with E-state index in [1.165, 1.54) is 24.3 Å². The number of phenols is 2. The first-order valence-electron chi connectivity index (χ1n) is 12.6. The standard InChI is InChI=1S/C32H28N2O4S2/c1-17-13-23(19(3)39-17)25-15-27(33-31(37)21-9-5-7-11-29(21)35)28(16-26(25)24-14-18(2)40-20(24)4)34-32(38)22-10-6-8-12-30(22)36/h5-16,35-36H,1-4H3,(H,33,37)(H,34,38). The predicted molar refractivity (Wildman–Crippen MR) is 164 cm³/mol. The fourth-order valence-corrected chi connectivity index (χ4v) is 6.64. The molecule has 0 saturated carbocycles. The van der Waals surface area contributed by atoms with Crippen LogP contribution in [0.1, 0.15) is 40.2 Å². The fraction of sp³-hybridized carbons (Fsp3) is 0.125. The Labute approximate surface area is 240 Å². The molecule has 202 valence electrons. The first-order chi connectivity index (χ1) is 19.1. The van der Waals surface area contributed by atoms with Crippen molar-refractivity contribution in [3.63, 3.8) is 0 Å². The summed E-state index contributed by atoms with van der Waals surface area (Å²) in [5, 5.41) is 26.4. The number of aromatic hydroxyl groups is 2. The van der Waals surface area contributed by atoms with Gasteiger partial charge in [0.1, 0.15) is 11.5 Å². The van der Waals surface area contributed by atoms with Crippen LogP contribution in [0.25, 0.3) is 22.3 Å². The number of thiophene rings is 2. The van der Waals surface area contributed by atoms with E-state index in [1.54, 1.807) is 46.9 Å². The lowest BCUT2D eigenvalue weighted by molar-refractivity contribution is 0.101. The first-order valence-corrected chi connectivity index (χ1v) is 14.3. The number of carbonyl (C=O) groups excluding carboxylic acids is 2. The van der Waals surface area contributed by atoms with Gasteiger partial charge >= 0.3 is 0 Å². The van der Waals surface area contributed by atoms with Crippen LogP contribution in [0.2, 0.25) is 0 Å². The van der Waals surface area contributed by atoms with E-state index >= 15 is 0 Å². The van der Waals surface area contributed by atoms with Gasteiger partial charge in [0.2, 0.25) is 0 Å². The molecule has 2 amide bonds. The third-order valence-corrected chi connectivity index (χ3v) is 8.55. The van der Waals surface area contributed by atoms with Gasteiger partial charge in [-0.3, -0.25) is 9.59 Å². The quantitative estimate of drug-likeness (QED) is 0.166. The number of anilines is 2. The number of aryl methyl sites for hydroxylation is 4. The molecule has 0 aliphatic rings. The monoisotopic (exact) mass is 568 g/mol. The minimum absolute atomic E-state index is 0.109. The van der Waals surface area contributed by atoms with E-state index in [-0.39, 0.29) is 22.6 Å². The molecule has 2 heterocycles. The van der Waals surface area contributed by atoms with Crippen LogP contribution in [-0.2, 0) is 0 Å². The summed E-state index contributed by atoms with van der Waals surface area (Å²) in [5.74, 6) is -1.33. The third-order valence-electron chi connectivity index (χ3n) is 6.61. The summed E-state index contributed by atoms with van der Waals surface area (Å²) in [7, 11) is 0. The lowest BCUT2D eigenvalue weighted by Crippen LogP contribution is -2.17. The largest absolute Gasteiger partial charge is 0.507 e. The Bertz CT molecular complexity index is 1640. The number of hydrogen-bond donors (Lipinski definition) is 4. The van der Waals surface area contributed by atoms with Crippen molar-refractivity contribution in [1.82, 2.24) is 0 Å². The average Bonchev–Trinajstić information content (AvgIpc) is 3.43. The average molecular weight is 569 g/mol. The van der Waals surface area contributed by atoms with Crippen molar-refractivity contribution in [1.29, 1.82) is 0 Å². The van der Waals surface area contributed by atoms with Gasteiger partial charge in [0, 0.05) is 19.5 Å². The summed E-state index contributed by atoms with van der Waals surface area (Å²) < 4.78 is 0. The van der Waals surface area contributed by atoms with E-state index in [0.29, 0.717) is 11.4 Å². The molecule has 4 N–H and O–H groups in total. The Hall–Kier alpha value is -4.40. The van der Waals surface area contributed by atoms with Crippen LogP contribution in [0.3, 0.4) is 0 Å². The number of nitrogens with one attached hydrogen (secondary N) is 2. The highest BCUT2D eigenvalue weighted by molar-refractivity contribution is 7.12. The summed E-state index contributed by atoms with van der Waals surface area (Å²) in [6.07, 6.45) is 0. The van der Waals surface area contributed by atoms with E-state index in [9.17, 15) is 19.8 Å². The number of para-hydroxylation sites is 2. The predicted octanol–water partition coefficient (Wildman–Crippen LogP) is 8.29. The SMILES string of the molecule is Cc1cc(-c2cc(NC(=O)c3ccccc3O)c(NC(=O)c3ccccc3O)cc2-c2cc(C)sc2C)c(C)s1. The molecule has 0 radical (unpaired) electrons. The van der Waals surface area contributed by atoms with Crippen LogP contribution < -0.4 is 10.6 Å². The molecule has 5 aromatic rings. The highest BCUT2D eigenvalue weighted by atomic mass is 32.1. The Morgan fingerprint density at radius 3 is 1.27 bits per heavy atom. The molecular formula is C32H28N2O4S2. The summed E-state index contributed by atoms with van der Waals surface area (Å²) in [6.45, 7) is 8.25. The Morgan fingerprint density at radius 1 is 0.575 bits per heavy atom. The molecule has 3 aromatic carbocycles. The number of benzene rings is 3. The second-order valence-corrected chi connectivity index (χ2v) is 12.5. The minimum Gasteiger partial charge on any atom is -0.507 e. The maximum absolute atomic E-state index is 13.3. The van der Waals surface area contributed by atoms with Gasteiger partial charge in [0.15, 0.2) is 0 Å². The van der Waals surface area contributed by atoms with E-state index in [2.05, 4.69) is 50.5 Å². The molecule has 0 saturated heterocycles. The van der Waals surface area contributed by atoms with Gasteiger partial charge < -0.3 is 20.8 Å². The Morgan fingerprint density at radius 2 is 0.950 bits per heavy atom. The van der Waals surface area contributed by atoms with Crippen LogP contribution in [0, 0.1) is 27.7 Å². The maximum Gasteiger partial charge on any atom is 0.259 e. The van der Waals surface area contributed by atoms with Crippen molar-refractivity contribution in [3.05, 3.63) is 103 Å².